The lowest BCUT2D eigenvalue weighted by molar-refractivity contribution is -0.149. The van der Waals surface area contributed by atoms with E-state index in [9.17, 15) is 14.4 Å². The van der Waals surface area contributed by atoms with Crippen molar-refractivity contribution in [2.75, 3.05) is 7.11 Å². The van der Waals surface area contributed by atoms with Crippen LogP contribution in [0.25, 0.3) is 0 Å². The first-order chi connectivity index (χ1) is 14.0. The molecule has 0 saturated carbocycles. The van der Waals surface area contributed by atoms with E-state index in [0.29, 0.717) is 5.75 Å². The minimum Gasteiger partial charge on any atom is -0.488 e. The second-order valence-electron chi connectivity index (χ2n) is 9.87. The molecule has 0 saturated heterocycles. The molecule has 1 rings (SSSR count). The molecule has 0 unspecified atom stereocenters. The number of methoxy groups -OCH3 is 1. The molecule has 1 aromatic carbocycles. The molecule has 31 heavy (non-hydrogen) atoms. The van der Waals surface area contributed by atoms with Gasteiger partial charge in [-0.05, 0) is 73.1 Å². The Labute approximate surface area is 185 Å². The van der Waals surface area contributed by atoms with Gasteiger partial charge < -0.3 is 24.8 Å². The normalized spacial score (nSPS) is 13.1. The molecule has 0 heterocycles. The molecule has 174 valence electrons. The van der Waals surface area contributed by atoms with Gasteiger partial charge in [-0.1, -0.05) is 12.1 Å². The molecule has 0 aliphatic rings. The number of carbonyl (C=O) groups excluding carboxylic acids is 3. The van der Waals surface area contributed by atoms with Crippen molar-refractivity contribution in [3.05, 3.63) is 29.8 Å². The van der Waals surface area contributed by atoms with Gasteiger partial charge in [0.05, 0.1) is 7.11 Å². The van der Waals surface area contributed by atoms with Crippen molar-refractivity contribution in [3.63, 3.8) is 0 Å². The fourth-order valence-electron chi connectivity index (χ4n) is 2.64. The molecule has 1 aromatic rings. The predicted octanol–water partition coefficient (Wildman–Crippen LogP) is 3.37. The zero-order valence-corrected chi connectivity index (χ0v) is 20.0. The molecule has 0 radical (unpaired) electrons. The van der Waals surface area contributed by atoms with Crippen molar-refractivity contribution < 1.29 is 28.6 Å². The summed E-state index contributed by atoms with van der Waals surface area (Å²) in [5.41, 5.74) is -1.51. The first-order valence-electron chi connectivity index (χ1n) is 10.2. The number of amides is 2. The summed E-state index contributed by atoms with van der Waals surface area (Å²) in [6, 6.07) is 6.30. The van der Waals surface area contributed by atoms with E-state index in [4.69, 9.17) is 14.2 Å². The van der Waals surface area contributed by atoms with E-state index in [1.165, 1.54) is 21.0 Å². The third-order valence-corrected chi connectivity index (χ3v) is 3.93. The Bertz CT molecular complexity index is 773. The summed E-state index contributed by atoms with van der Waals surface area (Å²) in [4.78, 5) is 37.2. The number of nitrogens with one attached hydrogen (secondary N) is 2. The van der Waals surface area contributed by atoms with Crippen LogP contribution in [0.2, 0.25) is 0 Å². The number of ether oxygens (including phenoxy) is 3. The van der Waals surface area contributed by atoms with Gasteiger partial charge in [0.1, 0.15) is 28.5 Å². The molecule has 0 aromatic heterocycles. The van der Waals surface area contributed by atoms with Gasteiger partial charge in [-0.25, -0.2) is 9.59 Å². The molecule has 1 atom stereocenters. The fraction of sp³-hybridized carbons (Fsp3) is 0.609. The zero-order valence-electron chi connectivity index (χ0n) is 20.0. The highest BCUT2D eigenvalue weighted by atomic mass is 16.6. The summed E-state index contributed by atoms with van der Waals surface area (Å²) in [5, 5.41) is 5.23. The summed E-state index contributed by atoms with van der Waals surface area (Å²) in [5.74, 6) is -0.430. The van der Waals surface area contributed by atoms with Crippen molar-refractivity contribution in [2.24, 2.45) is 0 Å². The maximum atomic E-state index is 12.9. The SMILES string of the molecule is COC(=O)C(C)(C)NC(=O)[C@H](Cc1ccc(OC(C)(C)C)cc1)NC(=O)OC(C)(C)C. The summed E-state index contributed by atoms with van der Waals surface area (Å²) in [6.07, 6.45) is -0.533. The highest BCUT2D eigenvalue weighted by Gasteiger charge is 2.34. The first kappa shape index (κ1) is 26.3. The molecule has 0 aliphatic carbocycles. The van der Waals surface area contributed by atoms with Crippen molar-refractivity contribution in [2.45, 2.75) is 84.6 Å². The number of esters is 1. The molecule has 8 nitrogen and oxygen atoms in total. The zero-order chi connectivity index (χ0) is 24.0. The van der Waals surface area contributed by atoms with Crippen LogP contribution in [0.15, 0.2) is 24.3 Å². The van der Waals surface area contributed by atoms with Crippen molar-refractivity contribution in [1.29, 1.82) is 0 Å². The van der Waals surface area contributed by atoms with Crippen molar-refractivity contribution in [1.82, 2.24) is 10.6 Å². The number of carbonyl (C=O) groups is 3. The van der Waals surface area contributed by atoms with Crippen LogP contribution in [0.3, 0.4) is 0 Å². The lowest BCUT2D eigenvalue weighted by atomic mass is 10.0. The molecule has 0 spiro atoms. The monoisotopic (exact) mass is 436 g/mol. The third kappa shape index (κ3) is 9.72. The summed E-state index contributed by atoms with van der Waals surface area (Å²) >= 11 is 0. The molecule has 0 fully saturated rings. The van der Waals surface area contributed by atoms with E-state index < -0.39 is 35.2 Å². The van der Waals surface area contributed by atoms with Gasteiger partial charge in [0.15, 0.2) is 0 Å². The van der Waals surface area contributed by atoms with E-state index in [1.807, 2.05) is 32.9 Å². The quantitative estimate of drug-likeness (QED) is 0.636. The molecule has 8 heteroatoms. The van der Waals surface area contributed by atoms with Crippen LogP contribution >= 0.6 is 0 Å². The largest absolute Gasteiger partial charge is 0.488 e. The lowest BCUT2D eigenvalue weighted by Gasteiger charge is -2.28. The van der Waals surface area contributed by atoms with Gasteiger partial charge in [-0.15, -0.1) is 0 Å². The van der Waals surface area contributed by atoms with Crippen LogP contribution in [0.4, 0.5) is 4.79 Å². The van der Waals surface area contributed by atoms with E-state index in [0.717, 1.165) is 5.56 Å². The highest BCUT2D eigenvalue weighted by Crippen LogP contribution is 2.19. The van der Waals surface area contributed by atoms with Crippen LogP contribution < -0.4 is 15.4 Å². The van der Waals surface area contributed by atoms with E-state index in [1.54, 1.807) is 32.9 Å². The Morgan fingerprint density at radius 3 is 1.90 bits per heavy atom. The lowest BCUT2D eigenvalue weighted by Crippen LogP contribution is -2.57. The standard InChI is InChI=1S/C23H36N2O6/c1-21(2,3)30-16-12-10-15(11-13-16)14-17(24-20(28)31-22(4,5)6)18(26)25-23(7,8)19(27)29-9/h10-13,17H,14H2,1-9H3,(H,24,28)(H,25,26)/t17-/m0/s1. The van der Waals surface area contributed by atoms with Gasteiger partial charge in [0, 0.05) is 6.42 Å². The Balaban J connectivity index is 3.03. The number of alkyl carbamates (subject to hydrolysis) is 1. The highest BCUT2D eigenvalue weighted by molar-refractivity contribution is 5.91. The van der Waals surface area contributed by atoms with Gasteiger partial charge in [-0.3, -0.25) is 4.79 Å². The average Bonchev–Trinajstić information content (AvgIpc) is 2.58. The van der Waals surface area contributed by atoms with E-state index in [2.05, 4.69) is 10.6 Å². The molecule has 0 aliphatic heterocycles. The Morgan fingerprint density at radius 2 is 1.45 bits per heavy atom. The smallest absolute Gasteiger partial charge is 0.408 e. The van der Waals surface area contributed by atoms with Crippen molar-refractivity contribution >= 4 is 18.0 Å². The topological polar surface area (TPSA) is 103 Å². The summed E-state index contributed by atoms with van der Waals surface area (Å²) in [7, 11) is 1.24. The maximum absolute atomic E-state index is 12.9. The second-order valence-corrected chi connectivity index (χ2v) is 9.87. The average molecular weight is 437 g/mol. The van der Waals surface area contributed by atoms with Crippen LogP contribution in [0, 0.1) is 0 Å². The van der Waals surface area contributed by atoms with Gasteiger partial charge in [0.2, 0.25) is 5.91 Å². The molecule has 2 N–H and O–H groups in total. The van der Waals surface area contributed by atoms with E-state index in [-0.39, 0.29) is 12.0 Å². The second kappa shape index (κ2) is 10.0. The molecular weight excluding hydrogens is 400 g/mol. The molecule has 2 amide bonds. The fourth-order valence-corrected chi connectivity index (χ4v) is 2.64. The van der Waals surface area contributed by atoms with Gasteiger partial charge >= 0.3 is 12.1 Å². The number of benzene rings is 1. The van der Waals surface area contributed by atoms with Crippen LogP contribution in [-0.2, 0) is 25.5 Å². The molecular formula is C23H36N2O6. The number of hydrogen-bond acceptors (Lipinski definition) is 6. The minimum atomic E-state index is -1.26. The van der Waals surface area contributed by atoms with Gasteiger partial charge in [0.25, 0.3) is 0 Å². The van der Waals surface area contributed by atoms with Crippen molar-refractivity contribution in [3.8, 4) is 5.75 Å². The molecule has 0 bridgehead atoms. The van der Waals surface area contributed by atoms with E-state index >= 15 is 0 Å². The Hall–Kier alpha value is -2.77. The Kier molecular flexibility index (Phi) is 8.49. The Morgan fingerprint density at radius 1 is 0.903 bits per heavy atom. The number of hydrogen-bond donors (Lipinski definition) is 2. The minimum absolute atomic E-state index is 0.193. The van der Waals surface area contributed by atoms with Crippen LogP contribution in [0.1, 0.15) is 61.0 Å². The number of rotatable bonds is 7. The third-order valence-electron chi connectivity index (χ3n) is 3.93. The van der Waals surface area contributed by atoms with Crippen LogP contribution in [0.5, 0.6) is 5.75 Å². The van der Waals surface area contributed by atoms with Gasteiger partial charge in [-0.2, -0.15) is 0 Å². The first-order valence-corrected chi connectivity index (χ1v) is 10.2. The summed E-state index contributed by atoms with van der Waals surface area (Å²) < 4.78 is 15.8. The maximum Gasteiger partial charge on any atom is 0.408 e. The predicted molar refractivity (Wildman–Crippen MR) is 118 cm³/mol. The summed E-state index contributed by atoms with van der Waals surface area (Å²) in [6.45, 7) is 14.1. The van der Waals surface area contributed by atoms with Crippen LogP contribution in [-0.4, -0.2) is 47.9 Å².